The number of hydrogen-bond donors (Lipinski definition) is 0. The summed E-state index contributed by atoms with van der Waals surface area (Å²) < 4.78 is 22.0. The van der Waals surface area contributed by atoms with Crippen molar-refractivity contribution < 1.29 is 8.42 Å². The molecule has 0 saturated carbocycles. The van der Waals surface area contributed by atoms with E-state index in [1.165, 1.54) is 6.08 Å². The topological polar surface area (TPSA) is 34.1 Å². The Morgan fingerprint density at radius 1 is 1.23 bits per heavy atom. The Balaban J connectivity index is 2.88. The van der Waals surface area contributed by atoms with Crippen molar-refractivity contribution in [2.75, 3.05) is 0 Å². The van der Waals surface area contributed by atoms with E-state index in [0.29, 0.717) is 0 Å². The van der Waals surface area contributed by atoms with Gasteiger partial charge in [0.2, 0.25) is 0 Å². The van der Waals surface area contributed by atoms with Crippen LogP contribution in [0.15, 0.2) is 34.1 Å². The Morgan fingerprint density at radius 3 is 2.23 bits per heavy atom. The molecule has 0 atom stereocenters. The summed E-state index contributed by atoms with van der Waals surface area (Å²) in [5.41, 5.74) is 0.785. The van der Waals surface area contributed by atoms with Gasteiger partial charge < -0.3 is 0 Å². The molecule has 0 fully saturated rings. The second-order valence-electron chi connectivity index (χ2n) is 2.33. The summed E-state index contributed by atoms with van der Waals surface area (Å²) in [6.45, 7) is 0. The van der Waals surface area contributed by atoms with Crippen molar-refractivity contribution in [2.24, 2.45) is 0 Å². The molecule has 0 radical (unpaired) electrons. The Labute approximate surface area is 89.8 Å². The molecule has 2 nitrogen and oxygen atoms in total. The summed E-state index contributed by atoms with van der Waals surface area (Å²) in [5, 5.41) is 0.956. The van der Waals surface area contributed by atoms with Gasteiger partial charge >= 0.3 is 0 Å². The van der Waals surface area contributed by atoms with E-state index in [1.54, 1.807) is 12.1 Å². The van der Waals surface area contributed by atoms with Crippen LogP contribution in [0.4, 0.5) is 0 Å². The van der Waals surface area contributed by atoms with Crippen LogP contribution in [-0.4, -0.2) is 8.42 Å². The lowest BCUT2D eigenvalue weighted by Crippen LogP contribution is -1.79. The van der Waals surface area contributed by atoms with Gasteiger partial charge in [0.1, 0.15) is 0 Å². The van der Waals surface area contributed by atoms with Gasteiger partial charge in [-0.1, -0.05) is 28.1 Å². The van der Waals surface area contributed by atoms with E-state index in [0.717, 1.165) is 15.4 Å². The number of rotatable bonds is 2. The molecule has 13 heavy (non-hydrogen) atoms. The largest absolute Gasteiger partial charge is 0.254 e. The van der Waals surface area contributed by atoms with Crippen molar-refractivity contribution in [3.05, 3.63) is 39.7 Å². The van der Waals surface area contributed by atoms with Gasteiger partial charge in [0.15, 0.2) is 0 Å². The third-order valence-electron chi connectivity index (χ3n) is 1.29. The minimum Gasteiger partial charge on any atom is -0.208 e. The van der Waals surface area contributed by atoms with Gasteiger partial charge in [-0.15, -0.1) is 0 Å². The van der Waals surface area contributed by atoms with Gasteiger partial charge in [0.25, 0.3) is 9.05 Å². The molecule has 0 unspecified atom stereocenters. The van der Waals surface area contributed by atoms with Crippen LogP contribution >= 0.6 is 26.6 Å². The maximum atomic E-state index is 10.5. The molecule has 0 aliphatic rings. The molecule has 1 aromatic rings. The highest BCUT2D eigenvalue weighted by atomic mass is 79.9. The second kappa shape index (κ2) is 4.26. The van der Waals surface area contributed by atoms with E-state index < -0.39 is 9.05 Å². The lowest BCUT2D eigenvalue weighted by Gasteiger charge is -1.92. The second-order valence-corrected chi connectivity index (χ2v) is 5.76. The average molecular weight is 282 g/mol. The van der Waals surface area contributed by atoms with E-state index in [1.807, 2.05) is 12.1 Å². The molecule has 5 heteroatoms. The summed E-state index contributed by atoms with van der Waals surface area (Å²) >= 11 is 3.27. The van der Waals surface area contributed by atoms with Crippen molar-refractivity contribution >= 4 is 41.7 Å². The molecule has 0 amide bonds. The lowest BCUT2D eigenvalue weighted by atomic mass is 10.2. The standard InChI is InChI=1S/C8H6BrClO2S/c9-8-3-1-7(2-4-8)5-6-13(10,11)12/h1-6H. The van der Waals surface area contributed by atoms with Crippen LogP contribution in [0.5, 0.6) is 0 Å². The maximum absolute atomic E-state index is 10.5. The van der Waals surface area contributed by atoms with E-state index >= 15 is 0 Å². The summed E-state index contributed by atoms with van der Waals surface area (Å²) in [6.07, 6.45) is 1.44. The van der Waals surface area contributed by atoms with E-state index in [2.05, 4.69) is 15.9 Å². The zero-order chi connectivity index (χ0) is 9.90. The molecule has 1 aromatic carbocycles. The molecule has 0 aliphatic heterocycles. The third kappa shape index (κ3) is 4.45. The van der Waals surface area contributed by atoms with Crippen LogP contribution in [-0.2, 0) is 9.05 Å². The van der Waals surface area contributed by atoms with E-state index in [4.69, 9.17) is 10.7 Å². The Bertz CT molecular complexity index is 408. The SMILES string of the molecule is O=S(=O)(Cl)C=Cc1ccc(Br)cc1. The van der Waals surface area contributed by atoms with Crippen LogP contribution in [0.2, 0.25) is 0 Å². The first-order chi connectivity index (χ1) is 5.97. The van der Waals surface area contributed by atoms with E-state index in [9.17, 15) is 8.42 Å². The quantitative estimate of drug-likeness (QED) is 0.781. The van der Waals surface area contributed by atoms with Gasteiger partial charge in [-0.05, 0) is 23.8 Å². The summed E-state index contributed by atoms with van der Waals surface area (Å²) in [5.74, 6) is 0. The number of hydrogen-bond acceptors (Lipinski definition) is 2. The minimum absolute atomic E-state index is 0.785. The Hall–Kier alpha value is -0.320. The fraction of sp³-hybridized carbons (Fsp3) is 0. The highest BCUT2D eigenvalue weighted by molar-refractivity contribution is 9.10. The molecule has 70 valence electrons. The molecule has 0 aliphatic carbocycles. The zero-order valence-corrected chi connectivity index (χ0v) is 9.60. The van der Waals surface area contributed by atoms with Gasteiger partial charge in [-0.3, -0.25) is 0 Å². The van der Waals surface area contributed by atoms with Gasteiger partial charge in [0, 0.05) is 20.6 Å². The minimum atomic E-state index is -3.55. The molecule has 0 heterocycles. The third-order valence-corrected chi connectivity index (χ3v) is 2.59. The Kier molecular flexibility index (Phi) is 3.53. The van der Waals surface area contributed by atoms with Gasteiger partial charge in [0.05, 0.1) is 0 Å². The van der Waals surface area contributed by atoms with Gasteiger partial charge in [-0.2, -0.15) is 0 Å². The molecule has 0 bridgehead atoms. The molecule has 0 spiro atoms. The number of halogens is 2. The smallest absolute Gasteiger partial charge is 0.208 e. The molecular weight excluding hydrogens is 276 g/mol. The van der Waals surface area contributed by atoms with Crippen LogP contribution in [0.1, 0.15) is 5.56 Å². The normalized spacial score (nSPS) is 12.2. The first kappa shape index (κ1) is 10.8. The summed E-state index contributed by atoms with van der Waals surface area (Å²) in [6, 6.07) is 7.20. The van der Waals surface area contributed by atoms with Crippen molar-refractivity contribution in [1.82, 2.24) is 0 Å². The highest BCUT2D eigenvalue weighted by Gasteiger charge is 1.96. The predicted molar refractivity (Wildman–Crippen MR) is 57.9 cm³/mol. The first-order valence-electron chi connectivity index (χ1n) is 3.36. The van der Waals surface area contributed by atoms with Crippen molar-refractivity contribution in [1.29, 1.82) is 0 Å². The maximum Gasteiger partial charge on any atom is 0.254 e. The van der Waals surface area contributed by atoms with Crippen LogP contribution in [0, 0.1) is 0 Å². The Morgan fingerprint density at radius 2 is 1.77 bits per heavy atom. The monoisotopic (exact) mass is 280 g/mol. The number of benzene rings is 1. The van der Waals surface area contributed by atoms with E-state index in [-0.39, 0.29) is 0 Å². The summed E-state index contributed by atoms with van der Waals surface area (Å²) in [7, 11) is 1.44. The average Bonchev–Trinajstić information content (AvgIpc) is 2.02. The van der Waals surface area contributed by atoms with Crippen molar-refractivity contribution in [3.63, 3.8) is 0 Å². The highest BCUT2D eigenvalue weighted by Crippen LogP contribution is 2.12. The molecular formula is C8H6BrClO2S. The molecule has 1 rings (SSSR count). The van der Waals surface area contributed by atoms with Crippen molar-refractivity contribution in [3.8, 4) is 0 Å². The zero-order valence-electron chi connectivity index (χ0n) is 6.44. The predicted octanol–water partition coefficient (Wildman–Crippen LogP) is 2.99. The van der Waals surface area contributed by atoms with Crippen LogP contribution < -0.4 is 0 Å². The fourth-order valence-corrected chi connectivity index (χ4v) is 1.47. The van der Waals surface area contributed by atoms with Gasteiger partial charge in [-0.25, -0.2) is 8.42 Å². The molecule has 0 aromatic heterocycles. The fourth-order valence-electron chi connectivity index (χ4n) is 0.734. The first-order valence-corrected chi connectivity index (χ1v) is 6.52. The van der Waals surface area contributed by atoms with Crippen molar-refractivity contribution in [2.45, 2.75) is 0 Å². The summed E-state index contributed by atoms with van der Waals surface area (Å²) in [4.78, 5) is 0. The lowest BCUT2D eigenvalue weighted by molar-refractivity contribution is 0.617. The van der Waals surface area contributed by atoms with Crippen LogP contribution in [0.3, 0.4) is 0 Å². The molecule has 0 saturated heterocycles. The van der Waals surface area contributed by atoms with Crippen LogP contribution in [0.25, 0.3) is 6.08 Å². The molecule has 0 N–H and O–H groups in total.